The first-order chi connectivity index (χ1) is 10.8. The van der Waals surface area contributed by atoms with Crippen LogP contribution in [0.2, 0.25) is 5.02 Å². The Morgan fingerprint density at radius 2 is 2.00 bits per heavy atom. The molecule has 1 N–H and O–H groups in total. The van der Waals surface area contributed by atoms with Crippen LogP contribution >= 0.6 is 22.9 Å². The van der Waals surface area contributed by atoms with Crippen LogP contribution in [0.1, 0.15) is 12.6 Å². The molecular weight excluding hydrogens is 358 g/mol. The van der Waals surface area contributed by atoms with Gasteiger partial charge in [-0.25, -0.2) is 17.7 Å². The van der Waals surface area contributed by atoms with Crippen LogP contribution in [0, 0.1) is 0 Å². The number of nitrogens with one attached hydrogen (secondary N) is 1. The van der Waals surface area contributed by atoms with Gasteiger partial charge in [-0.2, -0.15) is 0 Å². The highest BCUT2D eigenvalue weighted by molar-refractivity contribution is 7.92. The van der Waals surface area contributed by atoms with Crippen LogP contribution in [0.25, 0.3) is 0 Å². The van der Waals surface area contributed by atoms with Crippen molar-refractivity contribution in [1.82, 2.24) is 4.98 Å². The lowest BCUT2D eigenvalue weighted by molar-refractivity contribution is -0.115. The molecule has 0 spiro atoms. The maximum atomic E-state index is 12.0. The smallest absolute Gasteiger partial charge is 0.234 e. The summed E-state index contributed by atoms with van der Waals surface area (Å²) in [6.07, 6.45) is 1.20. The number of anilines is 2. The average molecular weight is 374 g/mol. The van der Waals surface area contributed by atoms with E-state index in [1.54, 1.807) is 36.6 Å². The lowest BCUT2D eigenvalue weighted by atomic mass is 10.3. The van der Waals surface area contributed by atoms with Crippen LogP contribution in [0.5, 0.6) is 0 Å². The van der Waals surface area contributed by atoms with Gasteiger partial charge in [0.2, 0.25) is 15.9 Å². The van der Waals surface area contributed by atoms with Crippen molar-refractivity contribution >= 4 is 49.7 Å². The van der Waals surface area contributed by atoms with Crippen LogP contribution in [0.3, 0.4) is 0 Å². The zero-order valence-electron chi connectivity index (χ0n) is 12.6. The van der Waals surface area contributed by atoms with Crippen LogP contribution in [0.15, 0.2) is 29.6 Å². The molecular formula is C14H16ClN3O3S2. The number of halogens is 1. The number of nitrogens with zero attached hydrogens (tertiary/aromatic N) is 2. The van der Waals surface area contributed by atoms with E-state index in [2.05, 4.69) is 10.3 Å². The van der Waals surface area contributed by atoms with Crippen molar-refractivity contribution in [2.24, 2.45) is 0 Å². The van der Waals surface area contributed by atoms with Gasteiger partial charge in [-0.3, -0.25) is 4.79 Å². The summed E-state index contributed by atoms with van der Waals surface area (Å²) in [6.45, 7) is 2.03. The summed E-state index contributed by atoms with van der Waals surface area (Å²) in [5.41, 5.74) is 1.17. The predicted molar refractivity (Wildman–Crippen MR) is 93.8 cm³/mol. The number of benzene rings is 1. The lowest BCUT2D eigenvalue weighted by Crippen LogP contribution is -2.29. The zero-order valence-corrected chi connectivity index (χ0v) is 15.0. The Balaban J connectivity index is 2.03. The summed E-state index contributed by atoms with van der Waals surface area (Å²) < 4.78 is 24.5. The first kappa shape index (κ1) is 17.7. The van der Waals surface area contributed by atoms with Gasteiger partial charge >= 0.3 is 0 Å². The van der Waals surface area contributed by atoms with Gasteiger partial charge < -0.3 is 5.32 Å². The quantitative estimate of drug-likeness (QED) is 0.844. The van der Waals surface area contributed by atoms with Gasteiger partial charge in [-0.1, -0.05) is 11.6 Å². The summed E-state index contributed by atoms with van der Waals surface area (Å²) in [7, 11) is -3.37. The Bertz CT molecular complexity index is 788. The highest BCUT2D eigenvalue weighted by Crippen LogP contribution is 2.23. The molecule has 1 aromatic carbocycles. The van der Waals surface area contributed by atoms with Crippen LogP contribution < -0.4 is 9.62 Å². The minimum atomic E-state index is -3.37. The second-order valence-corrected chi connectivity index (χ2v) is 7.96. The molecule has 0 aliphatic rings. The Kier molecular flexibility index (Phi) is 5.61. The number of sulfonamides is 1. The molecule has 0 unspecified atom stereocenters. The largest absolute Gasteiger partial charge is 0.326 e. The molecule has 9 heteroatoms. The molecule has 124 valence electrons. The van der Waals surface area contributed by atoms with Crippen molar-refractivity contribution in [3.8, 4) is 0 Å². The van der Waals surface area contributed by atoms with Gasteiger partial charge in [-0.05, 0) is 31.2 Å². The highest BCUT2D eigenvalue weighted by Gasteiger charge is 2.19. The fourth-order valence-corrected chi connectivity index (χ4v) is 4.16. The van der Waals surface area contributed by atoms with Crippen LogP contribution in [-0.2, 0) is 21.2 Å². The monoisotopic (exact) mass is 373 g/mol. The summed E-state index contributed by atoms with van der Waals surface area (Å²) in [6, 6.07) is 6.77. The third-order valence-electron chi connectivity index (χ3n) is 2.91. The Hall–Kier alpha value is -1.64. The molecule has 0 aliphatic heterocycles. The maximum Gasteiger partial charge on any atom is 0.234 e. The molecule has 0 atom stereocenters. The van der Waals surface area contributed by atoms with Crippen molar-refractivity contribution < 1.29 is 13.2 Å². The van der Waals surface area contributed by atoms with Gasteiger partial charge in [0.15, 0.2) is 5.13 Å². The topological polar surface area (TPSA) is 79.4 Å². The lowest BCUT2D eigenvalue weighted by Gasteiger charge is -2.16. The predicted octanol–water partition coefficient (Wildman–Crippen LogP) is 2.76. The Morgan fingerprint density at radius 1 is 1.35 bits per heavy atom. The van der Waals surface area contributed by atoms with E-state index in [1.807, 2.05) is 0 Å². The molecule has 2 aromatic rings. The first-order valence-corrected chi connectivity index (χ1v) is 9.87. The van der Waals surface area contributed by atoms with Crippen molar-refractivity contribution in [1.29, 1.82) is 0 Å². The zero-order chi connectivity index (χ0) is 17.0. The van der Waals surface area contributed by atoms with E-state index >= 15 is 0 Å². The SMILES string of the molecule is CCN(c1nc(CC(=O)Nc2ccc(Cl)cc2)cs1)S(C)(=O)=O. The molecule has 6 nitrogen and oxygen atoms in total. The number of aromatic nitrogens is 1. The molecule has 0 bridgehead atoms. The van der Waals surface area contributed by atoms with Gasteiger partial charge in [0.05, 0.1) is 18.4 Å². The summed E-state index contributed by atoms with van der Waals surface area (Å²) in [5, 5.41) is 5.38. The Labute approximate surface area is 144 Å². The van der Waals surface area contributed by atoms with E-state index in [4.69, 9.17) is 11.6 Å². The second-order valence-electron chi connectivity index (χ2n) is 4.78. The molecule has 2 rings (SSSR count). The molecule has 23 heavy (non-hydrogen) atoms. The van der Waals surface area contributed by atoms with Crippen LogP contribution in [-0.4, -0.2) is 32.1 Å². The molecule has 0 fully saturated rings. The van der Waals surface area contributed by atoms with E-state index in [0.717, 1.165) is 6.26 Å². The van der Waals surface area contributed by atoms with Gasteiger partial charge in [-0.15, -0.1) is 11.3 Å². The molecule has 1 heterocycles. The van der Waals surface area contributed by atoms with Crippen molar-refractivity contribution in [3.05, 3.63) is 40.4 Å². The number of thiazole rings is 1. The Morgan fingerprint density at radius 3 is 2.57 bits per heavy atom. The molecule has 0 saturated heterocycles. The summed E-state index contributed by atoms with van der Waals surface area (Å²) in [4.78, 5) is 16.2. The van der Waals surface area contributed by atoms with E-state index in [0.29, 0.717) is 28.1 Å². The number of carbonyl (C=O) groups is 1. The van der Waals surface area contributed by atoms with Crippen LogP contribution in [0.4, 0.5) is 10.8 Å². The van der Waals surface area contributed by atoms with Gasteiger partial charge in [0, 0.05) is 22.6 Å². The number of hydrogen-bond acceptors (Lipinski definition) is 5. The summed E-state index contributed by atoms with van der Waals surface area (Å²) in [5.74, 6) is -0.230. The minimum Gasteiger partial charge on any atom is -0.326 e. The van der Waals surface area contributed by atoms with E-state index in [9.17, 15) is 13.2 Å². The normalized spacial score (nSPS) is 11.3. The van der Waals surface area contributed by atoms with Gasteiger partial charge in [0.1, 0.15) is 0 Å². The number of rotatable bonds is 6. The standard InChI is InChI=1S/C14H16ClN3O3S2/c1-3-18(23(2,20)21)14-17-12(9-22-14)8-13(19)16-11-6-4-10(15)5-7-11/h4-7,9H,3,8H2,1-2H3,(H,16,19). The molecule has 0 radical (unpaired) electrons. The summed E-state index contributed by atoms with van der Waals surface area (Å²) >= 11 is 6.98. The first-order valence-electron chi connectivity index (χ1n) is 6.77. The number of amides is 1. The molecule has 1 aromatic heterocycles. The maximum absolute atomic E-state index is 12.0. The van der Waals surface area contributed by atoms with E-state index < -0.39 is 10.0 Å². The van der Waals surface area contributed by atoms with Crippen molar-refractivity contribution in [3.63, 3.8) is 0 Å². The molecule has 0 aliphatic carbocycles. The minimum absolute atomic E-state index is 0.0699. The third kappa shape index (κ3) is 4.92. The molecule has 1 amide bonds. The van der Waals surface area contributed by atoms with Crippen molar-refractivity contribution in [2.45, 2.75) is 13.3 Å². The third-order valence-corrected chi connectivity index (χ3v) is 5.42. The highest BCUT2D eigenvalue weighted by atomic mass is 35.5. The van der Waals surface area contributed by atoms with Crippen molar-refractivity contribution in [2.75, 3.05) is 22.4 Å². The second kappa shape index (κ2) is 7.29. The van der Waals surface area contributed by atoms with E-state index in [-0.39, 0.29) is 12.3 Å². The molecule has 0 saturated carbocycles. The number of hydrogen-bond donors (Lipinski definition) is 1. The fraction of sp³-hybridized carbons (Fsp3) is 0.286. The fourth-order valence-electron chi connectivity index (χ4n) is 1.91. The number of carbonyl (C=O) groups excluding carboxylic acids is 1. The average Bonchev–Trinajstić information content (AvgIpc) is 2.88. The van der Waals surface area contributed by atoms with Gasteiger partial charge in [0.25, 0.3) is 0 Å². The van der Waals surface area contributed by atoms with E-state index in [1.165, 1.54) is 15.6 Å².